The number of tetrazole rings is 1. The zero-order chi connectivity index (χ0) is 10.2. The minimum absolute atomic E-state index is 0.438. The van der Waals surface area contributed by atoms with Gasteiger partial charge in [0.1, 0.15) is 6.04 Å². The molecule has 1 aromatic heterocycles. The molecule has 0 aliphatic heterocycles. The Morgan fingerprint density at radius 1 is 1.71 bits per heavy atom. The summed E-state index contributed by atoms with van der Waals surface area (Å²) in [4.78, 5) is 11.3. The number of carbonyl (C=O) groups is 1. The molecule has 3 N–H and O–H groups in total. The summed E-state index contributed by atoms with van der Waals surface area (Å²) in [6, 6.07) is -0.704. The Morgan fingerprint density at radius 2 is 2.43 bits per heavy atom. The molecule has 1 aromatic rings. The lowest BCUT2D eigenvalue weighted by molar-refractivity contribution is -0.143. The first kappa shape index (κ1) is 9.07. The van der Waals surface area contributed by atoms with E-state index in [0.29, 0.717) is 5.82 Å². The monoisotopic (exact) mass is 197 g/mol. The lowest BCUT2D eigenvalue weighted by Crippen LogP contribution is -2.43. The fourth-order valence-corrected chi connectivity index (χ4v) is 1.53. The molecule has 1 atom stereocenters. The molecule has 7 nitrogen and oxygen atoms in total. The molecular weight excluding hydrogens is 186 g/mol. The number of H-pyrrole nitrogens is 1. The molecule has 1 fully saturated rings. The summed E-state index contributed by atoms with van der Waals surface area (Å²) in [5.74, 6) is 0.0581. The van der Waals surface area contributed by atoms with E-state index in [9.17, 15) is 4.79 Å². The zero-order valence-corrected chi connectivity index (χ0v) is 7.73. The van der Waals surface area contributed by atoms with Gasteiger partial charge in [-0.05, 0) is 12.8 Å². The maximum Gasteiger partial charge on any atom is 0.323 e. The topological polar surface area (TPSA) is 107 Å². The van der Waals surface area contributed by atoms with E-state index in [1.807, 2.05) is 0 Å². The summed E-state index contributed by atoms with van der Waals surface area (Å²) in [5, 5.41) is 13.5. The summed E-state index contributed by atoms with van der Waals surface area (Å²) < 4.78 is 4.59. The van der Waals surface area contributed by atoms with Gasteiger partial charge in [0.25, 0.3) is 0 Å². The van der Waals surface area contributed by atoms with Crippen molar-refractivity contribution in [1.82, 2.24) is 20.6 Å². The summed E-state index contributed by atoms with van der Waals surface area (Å²) >= 11 is 0. The Kier molecular flexibility index (Phi) is 1.95. The normalized spacial score (nSPS) is 20.1. The Morgan fingerprint density at radius 3 is 2.86 bits per heavy atom. The molecule has 1 saturated carbocycles. The van der Waals surface area contributed by atoms with Gasteiger partial charge in [-0.25, -0.2) is 0 Å². The first-order valence-electron chi connectivity index (χ1n) is 4.28. The molecule has 14 heavy (non-hydrogen) atoms. The number of methoxy groups -OCH3 is 1. The minimum atomic E-state index is -0.704. The van der Waals surface area contributed by atoms with Crippen LogP contribution in [0.15, 0.2) is 0 Å². The highest BCUT2D eigenvalue weighted by molar-refractivity contribution is 5.78. The van der Waals surface area contributed by atoms with Crippen LogP contribution in [0.1, 0.15) is 18.7 Å². The second-order valence-corrected chi connectivity index (χ2v) is 3.39. The molecule has 0 aromatic carbocycles. The first-order valence-corrected chi connectivity index (χ1v) is 4.28. The van der Waals surface area contributed by atoms with Crippen LogP contribution in [0.2, 0.25) is 0 Å². The van der Waals surface area contributed by atoms with Gasteiger partial charge in [0, 0.05) is 0 Å². The predicted octanol–water partition coefficient (Wildman–Crippen LogP) is -1.27. The highest BCUT2D eigenvalue weighted by Crippen LogP contribution is 2.48. The van der Waals surface area contributed by atoms with Crippen LogP contribution in [-0.2, 0) is 14.9 Å². The number of aromatic amines is 1. The van der Waals surface area contributed by atoms with E-state index in [4.69, 9.17) is 5.73 Å². The fourth-order valence-electron chi connectivity index (χ4n) is 1.53. The van der Waals surface area contributed by atoms with Crippen LogP contribution < -0.4 is 5.73 Å². The van der Waals surface area contributed by atoms with Gasteiger partial charge in [-0.1, -0.05) is 5.21 Å². The molecule has 7 heteroatoms. The van der Waals surface area contributed by atoms with E-state index in [2.05, 4.69) is 25.4 Å². The number of rotatable bonds is 3. The van der Waals surface area contributed by atoms with Gasteiger partial charge in [0.05, 0.1) is 12.5 Å². The number of carbonyl (C=O) groups excluding carboxylic acids is 1. The molecule has 1 aliphatic rings. The van der Waals surface area contributed by atoms with Gasteiger partial charge in [0.15, 0.2) is 5.82 Å². The van der Waals surface area contributed by atoms with Gasteiger partial charge in [-0.3, -0.25) is 4.79 Å². The van der Waals surface area contributed by atoms with Crippen LogP contribution in [0.3, 0.4) is 0 Å². The molecule has 1 unspecified atom stereocenters. The van der Waals surface area contributed by atoms with Crippen molar-refractivity contribution in [2.45, 2.75) is 24.3 Å². The van der Waals surface area contributed by atoms with Crippen molar-refractivity contribution in [2.75, 3.05) is 7.11 Å². The van der Waals surface area contributed by atoms with E-state index in [-0.39, 0.29) is 0 Å². The number of ether oxygens (including phenoxy) is 1. The average molecular weight is 197 g/mol. The van der Waals surface area contributed by atoms with Crippen LogP contribution in [0.5, 0.6) is 0 Å². The summed E-state index contributed by atoms with van der Waals surface area (Å²) in [6.45, 7) is 0. The van der Waals surface area contributed by atoms with Gasteiger partial charge < -0.3 is 10.5 Å². The number of aromatic nitrogens is 4. The minimum Gasteiger partial charge on any atom is -0.468 e. The van der Waals surface area contributed by atoms with Gasteiger partial charge in [-0.15, -0.1) is 10.2 Å². The predicted molar refractivity (Wildman–Crippen MR) is 45.1 cm³/mol. The van der Waals surface area contributed by atoms with Gasteiger partial charge in [-0.2, -0.15) is 5.21 Å². The quantitative estimate of drug-likeness (QED) is 0.585. The highest BCUT2D eigenvalue weighted by atomic mass is 16.5. The van der Waals surface area contributed by atoms with Gasteiger partial charge >= 0.3 is 5.97 Å². The summed E-state index contributed by atoms with van der Waals surface area (Å²) in [6.07, 6.45) is 1.59. The molecule has 0 radical (unpaired) electrons. The fraction of sp³-hybridized carbons (Fsp3) is 0.714. The number of hydrogen-bond donors (Lipinski definition) is 2. The Labute approximate surface area is 80.0 Å². The van der Waals surface area contributed by atoms with Crippen LogP contribution in [0, 0.1) is 0 Å². The second-order valence-electron chi connectivity index (χ2n) is 3.39. The van der Waals surface area contributed by atoms with Crippen LogP contribution >= 0.6 is 0 Å². The Bertz CT molecular complexity index is 332. The maximum atomic E-state index is 11.3. The average Bonchev–Trinajstić information content (AvgIpc) is 2.84. The molecule has 1 heterocycles. The van der Waals surface area contributed by atoms with E-state index in [1.54, 1.807) is 0 Å². The van der Waals surface area contributed by atoms with Crippen LogP contribution in [-0.4, -0.2) is 39.7 Å². The van der Waals surface area contributed by atoms with E-state index in [0.717, 1.165) is 12.8 Å². The number of esters is 1. The molecule has 0 saturated heterocycles. The van der Waals surface area contributed by atoms with Crippen molar-refractivity contribution in [3.63, 3.8) is 0 Å². The van der Waals surface area contributed by atoms with Crippen LogP contribution in [0.4, 0.5) is 0 Å². The van der Waals surface area contributed by atoms with Crippen molar-refractivity contribution < 1.29 is 9.53 Å². The van der Waals surface area contributed by atoms with E-state index in [1.165, 1.54) is 7.11 Å². The standard InChI is InChI=1S/C7H11N5O2/c1-14-5(13)4(8)7(2-3-7)6-9-11-12-10-6/h4H,2-3,8H2,1H3,(H,9,10,11,12). The van der Waals surface area contributed by atoms with E-state index >= 15 is 0 Å². The summed E-state index contributed by atoms with van der Waals surface area (Å²) in [5.41, 5.74) is 5.30. The second kappa shape index (κ2) is 3.02. The maximum absolute atomic E-state index is 11.3. The Hall–Kier alpha value is -1.50. The third-order valence-electron chi connectivity index (χ3n) is 2.63. The molecule has 1 aliphatic carbocycles. The van der Waals surface area contributed by atoms with E-state index < -0.39 is 17.4 Å². The third kappa shape index (κ3) is 1.17. The Balaban J connectivity index is 2.21. The molecule has 76 valence electrons. The number of nitrogens with two attached hydrogens (primary N) is 1. The summed E-state index contributed by atoms with van der Waals surface area (Å²) in [7, 11) is 1.31. The highest BCUT2D eigenvalue weighted by Gasteiger charge is 2.56. The van der Waals surface area contributed by atoms with Crippen molar-refractivity contribution in [3.8, 4) is 0 Å². The molecular formula is C7H11N5O2. The van der Waals surface area contributed by atoms with Crippen molar-refractivity contribution >= 4 is 5.97 Å². The lowest BCUT2D eigenvalue weighted by Gasteiger charge is -2.16. The zero-order valence-electron chi connectivity index (χ0n) is 7.73. The number of nitrogens with zero attached hydrogens (tertiary/aromatic N) is 3. The lowest BCUT2D eigenvalue weighted by atomic mass is 9.96. The molecule has 0 bridgehead atoms. The largest absolute Gasteiger partial charge is 0.468 e. The van der Waals surface area contributed by atoms with Gasteiger partial charge in [0.2, 0.25) is 0 Å². The number of nitrogens with one attached hydrogen (secondary N) is 1. The number of hydrogen-bond acceptors (Lipinski definition) is 6. The van der Waals surface area contributed by atoms with Crippen molar-refractivity contribution in [3.05, 3.63) is 5.82 Å². The van der Waals surface area contributed by atoms with Crippen molar-refractivity contribution in [2.24, 2.45) is 5.73 Å². The van der Waals surface area contributed by atoms with Crippen LogP contribution in [0.25, 0.3) is 0 Å². The molecule has 0 amide bonds. The first-order chi connectivity index (χ1) is 6.70. The SMILES string of the molecule is COC(=O)C(N)C1(c2nn[nH]n2)CC1. The third-order valence-corrected chi connectivity index (χ3v) is 2.63. The van der Waals surface area contributed by atoms with Crippen molar-refractivity contribution in [1.29, 1.82) is 0 Å². The smallest absolute Gasteiger partial charge is 0.323 e. The molecule has 0 spiro atoms. The molecule has 2 rings (SSSR count).